The van der Waals surface area contributed by atoms with E-state index in [9.17, 15) is 0 Å². The van der Waals surface area contributed by atoms with E-state index in [-0.39, 0.29) is 6.04 Å². The van der Waals surface area contributed by atoms with Crippen molar-refractivity contribution in [2.45, 2.75) is 26.8 Å². The zero-order valence-electron chi connectivity index (χ0n) is 9.99. The molecule has 17 heavy (non-hydrogen) atoms. The number of halogens is 1. The molecule has 5 heteroatoms. The highest BCUT2D eigenvalue weighted by atomic mass is 127. The SMILES string of the molecule is Cc1nnc([C@H](C)Nc2ccc(C)c(I)c2)o1. The maximum Gasteiger partial charge on any atom is 0.238 e. The minimum atomic E-state index is 0.00899. The predicted octanol–water partition coefficient (Wildman–Crippen LogP) is 3.46. The van der Waals surface area contributed by atoms with Crippen molar-refractivity contribution in [2.75, 3.05) is 5.32 Å². The summed E-state index contributed by atoms with van der Waals surface area (Å²) in [6.07, 6.45) is 0. The van der Waals surface area contributed by atoms with Gasteiger partial charge in [0.2, 0.25) is 11.8 Å². The molecule has 0 bridgehead atoms. The Morgan fingerprint density at radius 3 is 2.65 bits per heavy atom. The highest BCUT2D eigenvalue weighted by molar-refractivity contribution is 14.1. The summed E-state index contributed by atoms with van der Waals surface area (Å²) in [5.41, 5.74) is 2.33. The molecule has 0 aliphatic carbocycles. The maximum absolute atomic E-state index is 5.38. The first-order valence-corrected chi connectivity index (χ1v) is 6.47. The van der Waals surface area contributed by atoms with Gasteiger partial charge >= 0.3 is 0 Å². The lowest BCUT2D eigenvalue weighted by Crippen LogP contribution is -2.07. The fourth-order valence-electron chi connectivity index (χ4n) is 1.48. The van der Waals surface area contributed by atoms with Gasteiger partial charge < -0.3 is 9.73 Å². The highest BCUT2D eigenvalue weighted by Gasteiger charge is 2.12. The lowest BCUT2D eigenvalue weighted by molar-refractivity contribution is 0.451. The molecule has 1 heterocycles. The molecule has 0 aliphatic rings. The number of hydrogen-bond donors (Lipinski definition) is 1. The summed E-state index contributed by atoms with van der Waals surface area (Å²) < 4.78 is 6.62. The van der Waals surface area contributed by atoms with Crippen molar-refractivity contribution in [3.8, 4) is 0 Å². The minimum Gasteiger partial charge on any atom is -0.423 e. The van der Waals surface area contributed by atoms with Crippen molar-refractivity contribution in [1.82, 2.24) is 10.2 Å². The Hall–Kier alpha value is -1.11. The molecule has 2 aromatic rings. The number of nitrogens with zero attached hydrogens (tertiary/aromatic N) is 2. The lowest BCUT2D eigenvalue weighted by Gasteiger charge is -2.12. The summed E-state index contributed by atoms with van der Waals surface area (Å²) in [6.45, 7) is 5.88. The third-order valence-electron chi connectivity index (χ3n) is 2.47. The van der Waals surface area contributed by atoms with Crippen LogP contribution >= 0.6 is 22.6 Å². The van der Waals surface area contributed by atoms with Crippen LogP contribution in [0.3, 0.4) is 0 Å². The molecular formula is C12H14IN3O. The Labute approximate surface area is 114 Å². The molecule has 1 N–H and O–H groups in total. The Kier molecular flexibility index (Phi) is 3.66. The van der Waals surface area contributed by atoms with Crippen molar-refractivity contribution in [3.63, 3.8) is 0 Å². The zero-order chi connectivity index (χ0) is 12.4. The van der Waals surface area contributed by atoms with E-state index in [2.05, 4.69) is 63.2 Å². The van der Waals surface area contributed by atoms with Gasteiger partial charge in [-0.3, -0.25) is 0 Å². The standard InChI is InChI=1S/C12H14IN3O/c1-7-4-5-10(6-11(7)13)14-8(2)12-16-15-9(3)17-12/h4-6,8,14H,1-3H3/t8-/m0/s1. The molecular weight excluding hydrogens is 329 g/mol. The van der Waals surface area contributed by atoms with Gasteiger partial charge in [0, 0.05) is 16.2 Å². The van der Waals surface area contributed by atoms with Gasteiger partial charge in [0.15, 0.2) is 0 Å². The smallest absolute Gasteiger partial charge is 0.238 e. The first-order chi connectivity index (χ1) is 8.06. The molecule has 2 rings (SSSR count). The van der Waals surface area contributed by atoms with E-state index in [0.29, 0.717) is 11.8 Å². The summed E-state index contributed by atoms with van der Waals surface area (Å²) in [6, 6.07) is 6.26. The summed E-state index contributed by atoms with van der Waals surface area (Å²) in [7, 11) is 0. The summed E-state index contributed by atoms with van der Waals surface area (Å²) in [4.78, 5) is 0. The van der Waals surface area contributed by atoms with Crippen LogP contribution in [0.1, 0.15) is 30.3 Å². The number of hydrogen-bond acceptors (Lipinski definition) is 4. The highest BCUT2D eigenvalue weighted by Crippen LogP contribution is 2.21. The van der Waals surface area contributed by atoms with E-state index in [1.807, 2.05) is 6.92 Å². The Bertz CT molecular complexity index is 524. The van der Waals surface area contributed by atoms with E-state index in [1.54, 1.807) is 6.92 Å². The van der Waals surface area contributed by atoms with Gasteiger partial charge in [0.05, 0.1) is 0 Å². The van der Waals surface area contributed by atoms with Crippen LogP contribution in [-0.2, 0) is 0 Å². The molecule has 90 valence electrons. The summed E-state index contributed by atoms with van der Waals surface area (Å²) in [5.74, 6) is 1.20. The van der Waals surface area contributed by atoms with Crippen LogP contribution in [0.5, 0.6) is 0 Å². The minimum absolute atomic E-state index is 0.00899. The molecule has 0 aliphatic heterocycles. The van der Waals surface area contributed by atoms with E-state index >= 15 is 0 Å². The number of benzene rings is 1. The fraction of sp³-hybridized carbons (Fsp3) is 0.333. The molecule has 1 aromatic heterocycles. The zero-order valence-corrected chi connectivity index (χ0v) is 12.1. The molecule has 4 nitrogen and oxygen atoms in total. The quantitative estimate of drug-likeness (QED) is 0.868. The lowest BCUT2D eigenvalue weighted by atomic mass is 10.2. The molecule has 0 fully saturated rings. The second-order valence-electron chi connectivity index (χ2n) is 3.99. The van der Waals surface area contributed by atoms with Gasteiger partial charge in [-0.05, 0) is 54.1 Å². The molecule has 1 atom stereocenters. The number of aryl methyl sites for hydroxylation is 2. The number of rotatable bonds is 3. The molecule has 0 amide bonds. The van der Waals surface area contributed by atoms with Crippen molar-refractivity contribution in [3.05, 3.63) is 39.1 Å². The van der Waals surface area contributed by atoms with Crippen molar-refractivity contribution < 1.29 is 4.42 Å². The van der Waals surface area contributed by atoms with E-state index in [4.69, 9.17) is 4.42 Å². The predicted molar refractivity (Wildman–Crippen MR) is 75.0 cm³/mol. The average molecular weight is 343 g/mol. The largest absolute Gasteiger partial charge is 0.423 e. The molecule has 0 saturated carbocycles. The monoisotopic (exact) mass is 343 g/mol. The third kappa shape index (κ3) is 2.96. The molecule has 0 radical (unpaired) electrons. The molecule has 1 aromatic carbocycles. The summed E-state index contributed by atoms with van der Waals surface area (Å²) in [5, 5.41) is 11.2. The third-order valence-corrected chi connectivity index (χ3v) is 3.63. The van der Waals surface area contributed by atoms with Crippen LogP contribution in [0.15, 0.2) is 22.6 Å². The second-order valence-corrected chi connectivity index (χ2v) is 5.15. The van der Waals surface area contributed by atoms with Crippen molar-refractivity contribution in [1.29, 1.82) is 0 Å². The van der Waals surface area contributed by atoms with Gasteiger partial charge in [-0.25, -0.2) is 0 Å². The maximum atomic E-state index is 5.38. The van der Waals surface area contributed by atoms with Gasteiger partial charge in [-0.15, -0.1) is 10.2 Å². The van der Waals surface area contributed by atoms with Crippen LogP contribution in [-0.4, -0.2) is 10.2 Å². The van der Waals surface area contributed by atoms with Gasteiger partial charge in [-0.1, -0.05) is 6.07 Å². The van der Waals surface area contributed by atoms with Crippen LogP contribution in [0.2, 0.25) is 0 Å². The van der Waals surface area contributed by atoms with Gasteiger partial charge in [0.1, 0.15) is 6.04 Å². The fourth-order valence-corrected chi connectivity index (χ4v) is 2.00. The first kappa shape index (κ1) is 12.3. The second kappa shape index (κ2) is 5.03. The molecule has 0 saturated heterocycles. The topological polar surface area (TPSA) is 51.0 Å². The average Bonchev–Trinajstić information content (AvgIpc) is 2.70. The summed E-state index contributed by atoms with van der Waals surface area (Å²) >= 11 is 2.32. The van der Waals surface area contributed by atoms with E-state index in [1.165, 1.54) is 9.13 Å². The first-order valence-electron chi connectivity index (χ1n) is 5.39. The van der Waals surface area contributed by atoms with Crippen molar-refractivity contribution in [2.24, 2.45) is 0 Å². The van der Waals surface area contributed by atoms with Gasteiger partial charge in [-0.2, -0.15) is 0 Å². The van der Waals surface area contributed by atoms with E-state index in [0.717, 1.165) is 5.69 Å². The van der Waals surface area contributed by atoms with Crippen LogP contribution in [0.4, 0.5) is 5.69 Å². The van der Waals surface area contributed by atoms with Crippen LogP contribution in [0, 0.1) is 17.4 Å². The Morgan fingerprint density at radius 2 is 2.06 bits per heavy atom. The van der Waals surface area contributed by atoms with Gasteiger partial charge in [0.25, 0.3) is 0 Å². The molecule has 0 spiro atoms. The molecule has 0 unspecified atom stereocenters. The van der Waals surface area contributed by atoms with E-state index < -0.39 is 0 Å². The van der Waals surface area contributed by atoms with Crippen LogP contribution < -0.4 is 5.32 Å². The number of anilines is 1. The Balaban J connectivity index is 2.12. The number of nitrogens with one attached hydrogen (secondary N) is 1. The van der Waals surface area contributed by atoms with Crippen LogP contribution in [0.25, 0.3) is 0 Å². The van der Waals surface area contributed by atoms with Crippen molar-refractivity contribution >= 4 is 28.3 Å². The Morgan fingerprint density at radius 1 is 1.29 bits per heavy atom. The normalized spacial score (nSPS) is 12.5. The number of aromatic nitrogens is 2.